The van der Waals surface area contributed by atoms with Gasteiger partial charge in [0.05, 0.1) is 12.8 Å². The summed E-state index contributed by atoms with van der Waals surface area (Å²) >= 11 is 0. The number of aromatic nitrogens is 3. The molecule has 0 aromatic carbocycles. The van der Waals surface area contributed by atoms with E-state index in [4.69, 9.17) is 4.52 Å². The summed E-state index contributed by atoms with van der Waals surface area (Å²) in [6.45, 7) is 1.88. The minimum absolute atomic E-state index is 0.105. The lowest BCUT2D eigenvalue weighted by Gasteiger charge is -1.93. The van der Waals surface area contributed by atoms with Crippen LogP contribution in [0.3, 0.4) is 0 Å². The maximum absolute atomic E-state index is 12.6. The van der Waals surface area contributed by atoms with Crippen LogP contribution in [0.2, 0.25) is 0 Å². The lowest BCUT2D eigenvalue weighted by Crippen LogP contribution is -2.04. The molecule has 0 radical (unpaired) electrons. The molecule has 0 amide bonds. The fourth-order valence-electron chi connectivity index (χ4n) is 1.11. The van der Waals surface area contributed by atoms with E-state index >= 15 is 0 Å². The molecular weight excluding hydrogens is 229 g/mol. The molecule has 0 bridgehead atoms. The molecule has 2 aromatic rings. The van der Waals surface area contributed by atoms with Gasteiger partial charge in [-0.05, 0) is 19.1 Å². The molecule has 6 nitrogen and oxygen atoms in total. The van der Waals surface area contributed by atoms with Crippen LogP contribution in [0.25, 0.3) is 11.5 Å². The number of carbonyl (C=O) groups is 1. The van der Waals surface area contributed by atoms with Crippen LogP contribution in [0.15, 0.2) is 22.9 Å². The van der Waals surface area contributed by atoms with E-state index in [1.54, 1.807) is 6.92 Å². The van der Waals surface area contributed by atoms with Crippen molar-refractivity contribution in [1.82, 2.24) is 15.1 Å². The maximum Gasteiger partial charge on any atom is 0.397 e. The Labute approximate surface area is 95.4 Å². The number of hydrogen-bond donors (Lipinski definition) is 0. The van der Waals surface area contributed by atoms with Gasteiger partial charge in [0.1, 0.15) is 11.5 Å². The summed E-state index contributed by atoms with van der Waals surface area (Å²) in [6, 6.07) is 2.60. The molecule has 0 atom stereocenters. The number of hydrogen-bond acceptors (Lipinski definition) is 6. The lowest BCUT2D eigenvalue weighted by atomic mass is 10.3. The van der Waals surface area contributed by atoms with Gasteiger partial charge in [0.25, 0.3) is 0 Å². The van der Waals surface area contributed by atoms with Crippen LogP contribution in [0.4, 0.5) is 4.39 Å². The lowest BCUT2D eigenvalue weighted by molar-refractivity contribution is 0.0470. The highest BCUT2D eigenvalue weighted by Crippen LogP contribution is 2.13. The molecule has 88 valence electrons. The zero-order chi connectivity index (χ0) is 12.3. The van der Waals surface area contributed by atoms with Gasteiger partial charge in [-0.3, -0.25) is 0 Å². The summed E-state index contributed by atoms with van der Waals surface area (Å²) in [4.78, 5) is 18.8. The van der Waals surface area contributed by atoms with Gasteiger partial charge >= 0.3 is 11.9 Å². The van der Waals surface area contributed by atoms with Crippen molar-refractivity contribution in [2.24, 2.45) is 0 Å². The molecule has 0 N–H and O–H groups in total. The highest BCUT2D eigenvalue weighted by Gasteiger charge is 2.17. The zero-order valence-corrected chi connectivity index (χ0v) is 8.88. The van der Waals surface area contributed by atoms with Crippen LogP contribution >= 0.6 is 0 Å². The molecule has 0 unspecified atom stereocenters. The fraction of sp³-hybridized carbons (Fsp3) is 0.200. The Bertz CT molecular complexity index is 524. The summed E-state index contributed by atoms with van der Waals surface area (Å²) < 4.78 is 22.0. The topological polar surface area (TPSA) is 78.1 Å². The smallest absolute Gasteiger partial charge is 0.397 e. The van der Waals surface area contributed by atoms with Crippen molar-refractivity contribution in [2.75, 3.05) is 6.61 Å². The van der Waals surface area contributed by atoms with Crippen molar-refractivity contribution in [3.05, 3.63) is 30.0 Å². The van der Waals surface area contributed by atoms with Gasteiger partial charge < -0.3 is 9.26 Å². The molecule has 2 heterocycles. The summed E-state index contributed by atoms with van der Waals surface area (Å²) in [5.41, 5.74) is 0.311. The highest BCUT2D eigenvalue weighted by molar-refractivity contribution is 5.84. The monoisotopic (exact) mass is 237 g/mol. The van der Waals surface area contributed by atoms with Crippen LogP contribution in [-0.4, -0.2) is 27.7 Å². The molecule has 0 saturated carbocycles. The Kier molecular flexibility index (Phi) is 3.08. The normalized spacial score (nSPS) is 10.2. The van der Waals surface area contributed by atoms with E-state index in [2.05, 4.69) is 19.9 Å². The quantitative estimate of drug-likeness (QED) is 0.752. The first kappa shape index (κ1) is 11.2. The van der Waals surface area contributed by atoms with Gasteiger partial charge in [-0.2, -0.15) is 4.98 Å². The predicted molar refractivity (Wildman–Crippen MR) is 53.4 cm³/mol. The van der Waals surface area contributed by atoms with Gasteiger partial charge in [-0.25, -0.2) is 14.2 Å². The number of carbonyl (C=O) groups excluding carboxylic acids is 1. The van der Waals surface area contributed by atoms with E-state index in [0.29, 0.717) is 5.69 Å². The zero-order valence-electron chi connectivity index (χ0n) is 8.88. The number of ether oxygens (including phenoxy) is 1. The highest BCUT2D eigenvalue weighted by atomic mass is 19.1. The van der Waals surface area contributed by atoms with Crippen molar-refractivity contribution in [2.45, 2.75) is 6.92 Å². The molecule has 2 aromatic heterocycles. The Hall–Kier alpha value is -2.31. The van der Waals surface area contributed by atoms with Gasteiger partial charge in [-0.15, -0.1) is 0 Å². The maximum atomic E-state index is 12.6. The number of rotatable bonds is 3. The number of esters is 1. The van der Waals surface area contributed by atoms with Crippen molar-refractivity contribution >= 4 is 5.97 Å². The van der Waals surface area contributed by atoms with Crippen LogP contribution in [-0.2, 0) is 4.74 Å². The molecule has 17 heavy (non-hydrogen) atoms. The van der Waals surface area contributed by atoms with Gasteiger partial charge in [0, 0.05) is 0 Å². The molecule has 7 heteroatoms. The first-order valence-corrected chi connectivity index (χ1v) is 4.83. The Balaban J connectivity index is 2.23. The number of nitrogens with zero attached hydrogens (tertiary/aromatic N) is 3. The van der Waals surface area contributed by atoms with E-state index in [0.717, 1.165) is 6.20 Å². The van der Waals surface area contributed by atoms with E-state index < -0.39 is 11.8 Å². The summed E-state index contributed by atoms with van der Waals surface area (Å²) in [5.74, 6) is -1.32. The minimum atomic E-state index is -0.701. The minimum Gasteiger partial charge on any atom is -0.459 e. The molecule has 0 fully saturated rings. The first-order valence-electron chi connectivity index (χ1n) is 4.83. The Morgan fingerprint density at radius 1 is 1.53 bits per heavy atom. The molecule has 0 aliphatic rings. The van der Waals surface area contributed by atoms with E-state index in [1.165, 1.54) is 12.1 Å². The number of halogens is 1. The molecular formula is C10H8FN3O3. The number of pyridine rings is 1. The fourth-order valence-corrected chi connectivity index (χ4v) is 1.11. The van der Waals surface area contributed by atoms with Crippen LogP contribution in [0, 0.1) is 5.82 Å². The largest absolute Gasteiger partial charge is 0.459 e. The van der Waals surface area contributed by atoms with E-state index in [9.17, 15) is 9.18 Å². The van der Waals surface area contributed by atoms with Gasteiger partial charge in [0.15, 0.2) is 0 Å². The second-order valence-electron chi connectivity index (χ2n) is 3.01. The van der Waals surface area contributed by atoms with E-state index in [1.807, 2.05) is 0 Å². The first-order chi connectivity index (χ1) is 8.20. The van der Waals surface area contributed by atoms with Crippen molar-refractivity contribution in [3.8, 4) is 11.5 Å². The average molecular weight is 237 g/mol. The second kappa shape index (κ2) is 4.69. The third-order valence-corrected chi connectivity index (χ3v) is 1.83. The van der Waals surface area contributed by atoms with Crippen LogP contribution in [0.1, 0.15) is 17.6 Å². The summed E-state index contributed by atoms with van der Waals surface area (Å²) in [6.07, 6.45) is 1.02. The predicted octanol–water partition coefficient (Wildman–Crippen LogP) is 1.45. The third-order valence-electron chi connectivity index (χ3n) is 1.83. The van der Waals surface area contributed by atoms with Gasteiger partial charge in [0.2, 0.25) is 5.82 Å². The van der Waals surface area contributed by atoms with Crippen molar-refractivity contribution in [1.29, 1.82) is 0 Å². The Morgan fingerprint density at radius 3 is 3.00 bits per heavy atom. The standard InChI is InChI=1S/C10H8FN3O3/c1-2-16-10(15)9-13-8(14-17-9)7-4-3-6(11)5-12-7/h3-5H,2H2,1H3. The third kappa shape index (κ3) is 2.44. The Morgan fingerprint density at radius 2 is 2.35 bits per heavy atom. The molecule has 0 aliphatic heterocycles. The van der Waals surface area contributed by atoms with Crippen molar-refractivity contribution < 1.29 is 18.4 Å². The molecule has 0 saturated heterocycles. The average Bonchev–Trinajstić information content (AvgIpc) is 2.80. The molecule has 0 aliphatic carbocycles. The SMILES string of the molecule is CCOC(=O)c1nc(-c2ccc(F)cn2)no1. The molecule has 2 rings (SSSR count). The van der Waals surface area contributed by atoms with Gasteiger partial charge in [-0.1, -0.05) is 5.16 Å². The summed E-state index contributed by atoms with van der Waals surface area (Å²) in [7, 11) is 0. The summed E-state index contributed by atoms with van der Waals surface area (Å²) in [5, 5.41) is 3.55. The van der Waals surface area contributed by atoms with E-state index in [-0.39, 0.29) is 18.3 Å². The van der Waals surface area contributed by atoms with Crippen LogP contribution < -0.4 is 0 Å². The second-order valence-corrected chi connectivity index (χ2v) is 3.01. The molecule has 0 spiro atoms. The van der Waals surface area contributed by atoms with Crippen LogP contribution in [0.5, 0.6) is 0 Å². The van der Waals surface area contributed by atoms with Crippen molar-refractivity contribution in [3.63, 3.8) is 0 Å².